The number of hydrogen-bond donors (Lipinski definition) is 6. The Bertz CT molecular complexity index is 208. The monoisotopic (exact) mass is 354 g/mol. The molecule has 0 aliphatic carbocycles. The van der Waals surface area contributed by atoms with Gasteiger partial charge in [-0.2, -0.15) is 0 Å². The molecule has 0 fully saturated rings. The van der Waals surface area contributed by atoms with E-state index in [0.717, 1.165) is 0 Å². The van der Waals surface area contributed by atoms with Gasteiger partial charge >= 0.3 is 51.2 Å². The molecule has 0 unspecified atom stereocenters. The van der Waals surface area contributed by atoms with Crippen LogP contribution in [0, 0.1) is 0 Å². The normalized spacial score (nSPS) is 8.47. The Hall–Kier alpha value is 1.80. The molecule has 0 spiro atoms. The van der Waals surface area contributed by atoms with Crippen LogP contribution in [0.25, 0.3) is 0 Å². The van der Waals surface area contributed by atoms with E-state index in [0.29, 0.717) is 0 Å². The van der Waals surface area contributed by atoms with Gasteiger partial charge in [-0.1, -0.05) is 12.2 Å². The molecule has 11 heteroatoms. The fraction of sp³-hybridized carbons (Fsp3) is 0.333. The summed E-state index contributed by atoms with van der Waals surface area (Å²) in [5, 5.41) is 0. The van der Waals surface area contributed by atoms with Crippen molar-refractivity contribution in [1.82, 2.24) is 0 Å². The van der Waals surface area contributed by atoms with Gasteiger partial charge in [0.1, 0.15) is 0 Å². The maximum atomic E-state index is 7.56. The standard InChI is InChI=1S/2C3H6.Ca.2H3O3PS.2H/c2*1-3-2;;2*1-4(2,3)5;;/h2*3H,1H2,2H3;;2*(H3,1,2,3,5);;. The molecule has 0 amide bonds. The van der Waals surface area contributed by atoms with Crippen LogP contribution in [-0.4, -0.2) is 67.1 Å². The molecule has 17 heavy (non-hydrogen) atoms. The molecule has 0 saturated carbocycles. The summed E-state index contributed by atoms with van der Waals surface area (Å²) < 4.78 is 0. The minimum atomic E-state index is -3.81. The minimum absolute atomic E-state index is 0. The van der Waals surface area contributed by atoms with Crippen LogP contribution in [0.2, 0.25) is 0 Å². The van der Waals surface area contributed by atoms with Crippen LogP contribution in [0.3, 0.4) is 0 Å². The van der Waals surface area contributed by atoms with Gasteiger partial charge in [-0.3, -0.25) is 0 Å². The van der Waals surface area contributed by atoms with E-state index in [1.54, 1.807) is 12.2 Å². The quantitative estimate of drug-likeness (QED) is 0.202. The molecule has 0 atom stereocenters. The molecule has 0 aromatic carbocycles. The van der Waals surface area contributed by atoms with Crippen LogP contribution in [-0.2, 0) is 23.6 Å². The topological polar surface area (TPSA) is 121 Å². The van der Waals surface area contributed by atoms with E-state index in [1.165, 1.54) is 0 Å². The first-order valence-electron chi connectivity index (χ1n) is 3.54. The van der Waals surface area contributed by atoms with Crippen molar-refractivity contribution in [3.8, 4) is 0 Å². The van der Waals surface area contributed by atoms with Crippen molar-refractivity contribution in [2.24, 2.45) is 0 Å². The molecule has 0 rings (SSSR count). The van der Waals surface area contributed by atoms with Crippen molar-refractivity contribution in [1.29, 1.82) is 0 Å². The summed E-state index contributed by atoms with van der Waals surface area (Å²) in [5.74, 6) is 0. The van der Waals surface area contributed by atoms with E-state index in [9.17, 15) is 0 Å². The first-order valence-corrected chi connectivity index (χ1v) is 8.86. The van der Waals surface area contributed by atoms with Crippen LogP contribution in [0.15, 0.2) is 25.3 Å². The molecule has 0 aliphatic rings. The molecule has 104 valence electrons. The summed E-state index contributed by atoms with van der Waals surface area (Å²) >= 11 is 7.21. The molecule has 0 aliphatic heterocycles. The van der Waals surface area contributed by atoms with Gasteiger partial charge in [0.2, 0.25) is 0 Å². The molecule has 0 radical (unpaired) electrons. The van der Waals surface area contributed by atoms with Gasteiger partial charge in [0.25, 0.3) is 0 Å². The predicted molar refractivity (Wildman–Crippen MR) is 82.2 cm³/mol. The van der Waals surface area contributed by atoms with Crippen LogP contribution in [0.1, 0.15) is 13.8 Å². The van der Waals surface area contributed by atoms with E-state index < -0.39 is 13.4 Å². The second kappa shape index (κ2) is 20.1. The van der Waals surface area contributed by atoms with Crippen LogP contribution in [0.5, 0.6) is 0 Å². The van der Waals surface area contributed by atoms with Gasteiger partial charge in [0, 0.05) is 0 Å². The molecule has 0 heterocycles. The summed E-state index contributed by atoms with van der Waals surface area (Å²) in [7, 11) is 0. The Morgan fingerprint density at radius 2 is 0.765 bits per heavy atom. The number of rotatable bonds is 0. The zero-order valence-electron chi connectivity index (χ0n) is 8.96. The van der Waals surface area contributed by atoms with E-state index in [4.69, 9.17) is 29.4 Å². The fourth-order valence-electron chi connectivity index (χ4n) is 0. The first kappa shape index (κ1) is 31.3. The maximum absolute atomic E-state index is 7.56. The van der Waals surface area contributed by atoms with E-state index in [-0.39, 0.29) is 37.7 Å². The molecule has 0 saturated heterocycles. The number of allylic oxidation sites excluding steroid dienone is 2. The van der Waals surface area contributed by atoms with E-state index in [2.05, 4.69) is 36.8 Å². The molecule has 0 bridgehead atoms. The molecule has 0 aromatic heterocycles. The Morgan fingerprint density at radius 1 is 0.765 bits per heavy atom. The van der Waals surface area contributed by atoms with Gasteiger partial charge in [0.05, 0.1) is 0 Å². The molecule has 6 nitrogen and oxygen atoms in total. The summed E-state index contributed by atoms with van der Waals surface area (Å²) in [6.45, 7) is 2.89. The molecular formula is C6H20CaO6P2S2. The second-order valence-electron chi connectivity index (χ2n) is 1.84. The van der Waals surface area contributed by atoms with Crippen LogP contribution < -0.4 is 0 Å². The van der Waals surface area contributed by atoms with Crippen molar-refractivity contribution in [2.45, 2.75) is 13.8 Å². The predicted octanol–water partition coefficient (Wildman–Crippen LogP) is -0.156. The third kappa shape index (κ3) is 1370. The molecule has 0 aromatic rings. The van der Waals surface area contributed by atoms with Crippen molar-refractivity contribution >= 4 is 74.8 Å². The average Bonchev–Trinajstić information content (AvgIpc) is 1.79. The van der Waals surface area contributed by atoms with Gasteiger partial charge in [-0.05, 0) is 37.5 Å². The summed E-state index contributed by atoms with van der Waals surface area (Å²) in [4.78, 5) is 45.3. The fourth-order valence-corrected chi connectivity index (χ4v) is 0. The van der Waals surface area contributed by atoms with Crippen LogP contribution in [0.4, 0.5) is 0 Å². The van der Waals surface area contributed by atoms with Gasteiger partial charge < -0.3 is 29.4 Å². The van der Waals surface area contributed by atoms with Crippen molar-refractivity contribution in [3.63, 3.8) is 0 Å². The van der Waals surface area contributed by atoms with E-state index >= 15 is 0 Å². The summed E-state index contributed by atoms with van der Waals surface area (Å²) in [6.07, 6.45) is 3.50. The van der Waals surface area contributed by atoms with Gasteiger partial charge in [0.15, 0.2) is 0 Å². The Morgan fingerprint density at radius 3 is 0.765 bits per heavy atom. The summed E-state index contributed by atoms with van der Waals surface area (Å²) in [5.41, 5.74) is 0. The average molecular weight is 354 g/mol. The molecule has 6 N–H and O–H groups in total. The SMILES string of the molecule is C=CC.C=CC.OP(O)(O)=S.OP(O)(O)=S.[CaH2]. The zero-order valence-corrected chi connectivity index (χ0v) is 12.4. The van der Waals surface area contributed by atoms with Crippen LogP contribution >= 0.6 is 13.4 Å². The van der Waals surface area contributed by atoms with Crippen molar-refractivity contribution < 1.29 is 29.4 Å². The third-order valence-corrected chi connectivity index (χ3v) is 0. The number of hydrogen-bond acceptors (Lipinski definition) is 2. The summed E-state index contributed by atoms with van der Waals surface area (Å²) in [6, 6.07) is 0. The molecular weight excluding hydrogens is 334 g/mol. The third-order valence-electron chi connectivity index (χ3n) is 0. The Balaban J connectivity index is -0.0000000381. The van der Waals surface area contributed by atoms with E-state index in [1.807, 2.05) is 13.8 Å². The van der Waals surface area contributed by atoms with Crippen molar-refractivity contribution in [2.75, 3.05) is 0 Å². The Labute approximate surface area is 142 Å². The van der Waals surface area contributed by atoms with Gasteiger partial charge in [-0.15, -0.1) is 13.2 Å². The van der Waals surface area contributed by atoms with Gasteiger partial charge in [-0.25, -0.2) is 0 Å². The Kier molecular flexibility index (Phi) is 37.0. The zero-order chi connectivity index (χ0) is 14.4. The second-order valence-corrected chi connectivity index (χ2v) is 6.84. The van der Waals surface area contributed by atoms with Crippen molar-refractivity contribution in [3.05, 3.63) is 25.3 Å². The first-order chi connectivity index (χ1) is 6.83.